The van der Waals surface area contributed by atoms with Crippen molar-refractivity contribution < 1.29 is 17.9 Å². The van der Waals surface area contributed by atoms with Crippen molar-refractivity contribution in [1.29, 1.82) is 0 Å². The van der Waals surface area contributed by atoms with Gasteiger partial charge in [0, 0.05) is 46.1 Å². The summed E-state index contributed by atoms with van der Waals surface area (Å²) in [5.41, 5.74) is 1.50. The fourth-order valence-electron chi connectivity index (χ4n) is 4.04. The van der Waals surface area contributed by atoms with Crippen LogP contribution in [0, 0.1) is 0 Å². The first-order valence-electron chi connectivity index (χ1n) is 10.3. The van der Waals surface area contributed by atoms with Gasteiger partial charge >= 0.3 is 0 Å². The maximum absolute atomic E-state index is 12.8. The number of ether oxygens (including phenoxy) is 1. The van der Waals surface area contributed by atoms with Gasteiger partial charge in [0.2, 0.25) is 15.9 Å². The molecule has 2 fully saturated rings. The normalized spacial score (nSPS) is 20.5. The van der Waals surface area contributed by atoms with Crippen LogP contribution in [0.3, 0.4) is 0 Å². The molecule has 1 atom stereocenters. The van der Waals surface area contributed by atoms with Crippen LogP contribution in [0.4, 0.5) is 0 Å². The maximum Gasteiger partial charge on any atom is 0.243 e. The minimum absolute atomic E-state index is 0.0233. The summed E-state index contributed by atoms with van der Waals surface area (Å²) >= 11 is 0. The van der Waals surface area contributed by atoms with Crippen molar-refractivity contribution in [3.05, 3.63) is 24.0 Å². The number of sulfonamides is 1. The number of carbonyl (C=O) groups excluding carboxylic acids is 1. The first kappa shape index (κ1) is 20.3. The van der Waals surface area contributed by atoms with Gasteiger partial charge in [-0.3, -0.25) is 4.79 Å². The molecule has 1 aromatic heterocycles. The molecule has 9 heteroatoms. The molecule has 0 bridgehead atoms. The molecule has 2 aromatic rings. The largest absolute Gasteiger partial charge is 0.376 e. The predicted molar refractivity (Wildman–Crippen MR) is 109 cm³/mol. The summed E-state index contributed by atoms with van der Waals surface area (Å²) in [6.07, 6.45) is 4.82. The minimum Gasteiger partial charge on any atom is -0.376 e. The van der Waals surface area contributed by atoms with Crippen molar-refractivity contribution in [3.63, 3.8) is 0 Å². The zero-order valence-corrected chi connectivity index (χ0v) is 17.6. The Morgan fingerprint density at radius 1 is 1.28 bits per heavy atom. The van der Waals surface area contributed by atoms with E-state index in [1.165, 1.54) is 4.31 Å². The van der Waals surface area contributed by atoms with Crippen molar-refractivity contribution in [2.75, 3.05) is 26.2 Å². The highest BCUT2D eigenvalue weighted by Crippen LogP contribution is 2.25. The van der Waals surface area contributed by atoms with Gasteiger partial charge in [-0.2, -0.15) is 4.31 Å². The van der Waals surface area contributed by atoms with Crippen molar-refractivity contribution in [1.82, 2.24) is 19.2 Å². The van der Waals surface area contributed by atoms with Gasteiger partial charge in [0.25, 0.3) is 0 Å². The zero-order chi connectivity index (χ0) is 20.4. The third kappa shape index (κ3) is 4.31. The van der Waals surface area contributed by atoms with E-state index in [0.717, 1.165) is 43.6 Å². The summed E-state index contributed by atoms with van der Waals surface area (Å²) in [7, 11) is -1.57. The Labute approximate surface area is 171 Å². The van der Waals surface area contributed by atoms with Crippen molar-refractivity contribution in [2.24, 2.45) is 7.05 Å². The average Bonchev–Trinajstić information content (AvgIpc) is 3.46. The van der Waals surface area contributed by atoms with Crippen LogP contribution in [0.1, 0.15) is 37.9 Å². The standard InChI is InChI=1S/C20H28N4O4S/c1-23-18-7-6-16(29(26,27)24-10-2-3-11-24)13-17(18)22-19(23)8-9-20(25)21-14-15-5-4-12-28-15/h6-7,13,15H,2-5,8-12,14H2,1H3,(H,21,25). The topological polar surface area (TPSA) is 93.5 Å². The Bertz CT molecular complexity index is 989. The Hall–Kier alpha value is -1.97. The van der Waals surface area contributed by atoms with E-state index >= 15 is 0 Å². The highest BCUT2D eigenvalue weighted by molar-refractivity contribution is 7.89. The molecule has 1 aromatic carbocycles. The van der Waals surface area contributed by atoms with Crippen molar-refractivity contribution >= 4 is 27.0 Å². The molecule has 158 valence electrons. The molecule has 1 unspecified atom stereocenters. The predicted octanol–water partition coefficient (Wildman–Crippen LogP) is 1.59. The minimum atomic E-state index is -3.47. The van der Waals surface area contributed by atoms with Crippen LogP contribution < -0.4 is 5.32 Å². The molecule has 29 heavy (non-hydrogen) atoms. The molecule has 0 radical (unpaired) electrons. The lowest BCUT2D eigenvalue weighted by Gasteiger charge is -2.15. The lowest BCUT2D eigenvalue weighted by Crippen LogP contribution is -2.32. The smallest absolute Gasteiger partial charge is 0.243 e. The number of rotatable bonds is 7. The van der Waals surface area contributed by atoms with Gasteiger partial charge in [0.15, 0.2) is 0 Å². The van der Waals surface area contributed by atoms with Gasteiger partial charge in [-0.1, -0.05) is 0 Å². The van der Waals surface area contributed by atoms with E-state index < -0.39 is 10.0 Å². The fourth-order valence-corrected chi connectivity index (χ4v) is 5.58. The van der Waals surface area contributed by atoms with Gasteiger partial charge < -0.3 is 14.6 Å². The molecule has 8 nitrogen and oxygen atoms in total. The van der Waals surface area contributed by atoms with E-state index in [0.29, 0.717) is 38.0 Å². The third-order valence-electron chi connectivity index (χ3n) is 5.77. The van der Waals surface area contributed by atoms with Gasteiger partial charge in [-0.15, -0.1) is 0 Å². The number of fused-ring (bicyclic) bond motifs is 1. The fraction of sp³-hybridized carbons (Fsp3) is 0.600. The van der Waals surface area contributed by atoms with Crippen LogP contribution in [0.25, 0.3) is 11.0 Å². The number of hydrogen-bond donors (Lipinski definition) is 1. The number of nitrogens with one attached hydrogen (secondary N) is 1. The van der Waals surface area contributed by atoms with E-state index in [1.807, 2.05) is 11.6 Å². The Balaban J connectivity index is 1.43. The van der Waals surface area contributed by atoms with Crippen molar-refractivity contribution in [3.8, 4) is 0 Å². The molecule has 2 saturated heterocycles. The SMILES string of the molecule is Cn1c(CCC(=O)NCC2CCCO2)nc2cc(S(=O)(=O)N3CCCC3)ccc21. The molecule has 0 aliphatic carbocycles. The van der Waals surface area contributed by atoms with Crippen molar-refractivity contribution in [2.45, 2.75) is 49.5 Å². The number of benzene rings is 1. The van der Waals surface area contributed by atoms with Gasteiger partial charge in [-0.05, 0) is 43.9 Å². The van der Waals surface area contributed by atoms with Gasteiger partial charge in [-0.25, -0.2) is 13.4 Å². The van der Waals surface area contributed by atoms with E-state index in [2.05, 4.69) is 10.3 Å². The number of amides is 1. The molecule has 2 aliphatic heterocycles. The Kier molecular flexibility index (Phi) is 5.89. The van der Waals surface area contributed by atoms with E-state index in [4.69, 9.17) is 4.74 Å². The average molecular weight is 421 g/mol. The van der Waals surface area contributed by atoms with Crippen LogP contribution in [-0.4, -0.2) is 60.5 Å². The highest BCUT2D eigenvalue weighted by Gasteiger charge is 2.27. The number of hydrogen-bond acceptors (Lipinski definition) is 5. The number of carbonyl (C=O) groups is 1. The van der Waals surface area contributed by atoms with Gasteiger partial charge in [0.05, 0.1) is 22.0 Å². The second-order valence-electron chi connectivity index (χ2n) is 7.79. The first-order chi connectivity index (χ1) is 13.9. The van der Waals surface area contributed by atoms with Crippen LogP contribution in [0.5, 0.6) is 0 Å². The number of imidazole rings is 1. The summed E-state index contributed by atoms with van der Waals surface area (Å²) in [6.45, 7) is 2.48. The molecule has 0 saturated carbocycles. The maximum atomic E-state index is 12.8. The van der Waals surface area contributed by atoms with Gasteiger partial charge in [0.1, 0.15) is 5.82 Å². The molecule has 3 heterocycles. The molecule has 1 N–H and O–H groups in total. The highest BCUT2D eigenvalue weighted by atomic mass is 32.2. The lowest BCUT2D eigenvalue weighted by molar-refractivity contribution is -0.121. The molecular weight excluding hydrogens is 392 g/mol. The van der Waals surface area contributed by atoms with Crippen LogP contribution >= 0.6 is 0 Å². The van der Waals surface area contributed by atoms with E-state index in [-0.39, 0.29) is 16.9 Å². The van der Waals surface area contributed by atoms with Crippen LogP contribution in [-0.2, 0) is 33.0 Å². The summed E-state index contributed by atoms with van der Waals surface area (Å²) in [6, 6.07) is 5.09. The molecule has 1 amide bonds. The van der Waals surface area contributed by atoms with Crippen LogP contribution in [0.2, 0.25) is 0 Å². The first-order valence-corrected chi connectivity index (χ1v) is 11.7. The zero-order valence-electron chi connectivity index (χ0n) is 16.8. The Morgan fingerprint density at radius 3 is 2.79 bits per heavy atom. The van der Waals surface area contributed by atoms with E-state index in [9.17, 15) is 13.2 Å². The van der Waals surface area contributed by atoms with Crippen LogP contribution in [0.15, 0.2) is 23.1 Å². The summed E-state index contributed by atoms with van der Waals surface area (Å²) < 4.78 is 34.6. The summed E-state index contributed by atoms with van der Waals surface area (Å²) in [4.78, 5) is 17.0. The Morgan fingerprint density at radius 2 is 2.07 bits per heavy atom. The summed E-state index contributed by atoms with van der Waals surface area (Å²) in [5, 5.41) is 2.92. The molecule has 2 aliphatic rings. The molecule has 4 rings (SSSR count). The second-order valence-corrected chi connectivity index (χ2v) is 9.73. The lowest BCUT2D eigenvalue weighted by atomic mass is 10.2. The second kappa shape index (κ2) is 8.41. The number of aryl methyl sites for hydroxylation is 2. The van der Waals surface area contributed by atoms with E-state index in [1.54, 1.807) is 18.2 Å². The molecular formula is C20H28N4O4S. The monoisotopic (exact) mass is 420 g/mol. The summed E-state index contributed by atoms with van der Waals surface area (Å²) in [5.74, 6) is 0.743. The number of nitrogens with zero attached hydrogens (tertiary/aromatic N) is 3. The quantitative estimate of drug-likeness (QED) is 0.734. The number of aromatic nitrogens is 2. The third-order valence-corrected chi connectivity index (χ3v) is 7.67. The molecule has 0 spiro atoms.